The Kier molecular flexibility index (Phi) is 3.94. The lowest BCUT2D eigenvalue weighted by molar-refractivity contribution is -0.384. The van der Waals surface area contributed by atoms with Gasteiger partial charge in [0.2, 0.25) is 0 Å². The van der Waals surface area contributed by atoms with Gasteiger partial charge in [-0.1, -0.05) is 0 Å². The lowest BCUT2D eigenvalue weighted by Crippen LogP contribution is -2.37. The molecule has 1 N–H and O–H groups in total. The zero-order valence-electron chi connectivity index (χ0n) is 10.5. The number of hydrogen-bond acceptors (Lipinski definition) is 4. The number of likely N-dealkylation sites (N-methyl/N-ethyl adjacent to an activating group) is 1. The zero-order valence-corrected chi connectivity index (χ0v) is 10.5. The van der Waals surface area contributed by atoms with E-state index in [1.165, 1.54) is 0 Å². The molecule has 1 aliphatic heterocycles. The molecule has 1 fully saturated rings. The van der Waals surface area contributed by atoms with E-state index in [2.05, 4.69) is 5.32 Å². The van der Waals surface area contributed by atoms with E-state index in [-0.39, 0.29) is 17.4 Å². The molecule has 1 saturated heterocycles. The molecule has 0 amide bonds. The highest BCUT2D eigenvalue weighted by atomic mass is 19.2. The van der Waals surface area contributed by atoms with Crippen molar-refractivity contribution in [3.8, 4) is 0 Å². The number of nitro benzene ring substituents is 1. The fraction of sp³-hybridized carbons (Fsp3) is 0.500. The summed E-state index contributed by atoms with van der Waals surface area (Å²) in [6.07, 6.45) is 1.60. The molecule has 1 aromatic rings. The molecule has 0 spiro atoms. The largest absolute Gasteiger partial charge is 0.359 e. The second kappa shape index (κ2) is 5.48. The summed E-state index contributed by atoms with van der Waals surface area (Å²) in [6.45, 7) is 1.07. The average Bonchev–Trinajstić information content (AvgIpc) is 2.80. The molecule has 1 heterocycles. The molecule has 1 atom stereocenters. The second-order valence-corrected chi connectivity index (χ2v) is 4.53. The van der Waals surface area contributed by atoms with Crippen LogP contribution in [0.5, 0.6) is 0 Å². The van der Waals surface area contributed by atoms with E-state index >= 15 is 0 Å². The van der Waals surface area contributed by atoms with Crippen LogP contribution in [0, 0.1) is 21.7 Å². The summed E-state index contributed by atoms with van der Waals surface area (Å²) >= 11 is 0. The first kappa shape index (κ1) is 13.7. The molecule has 5 nitrogen and oxygen atoms in total. The van der Waals surface area contributed by atoms with Crippen molar-refractivity contribution in [3.63, 3.8) is 0 Å². The normalized spacial score (nSPS) is 18.9. The van der Waals surface area contributed by atoms with Crippen LogP contribution in [0.1, 0.15) is 12.8 Å². The Morgan fingerprint density at radius 2 is 2.26 bits per heavy atom. The lowest BCUT2D eigenvalue weighted by atomic mass is 10.2. The maximum absolute atomic E-state index is 13.9. The predicted molar refractivity (Wildman–Crippen MR) is 67.3 cm³/mol. The first-order valence-electron chi connectivity index (χ1n) is 6.10. The number of anilines is 1. The first-order valence-corrected chi connectivity index (χ1v) is 6.10. The average molecular weight is 271 g/mol. The standard InChI is InChI=1S/C12H15F2N3O2/c1-15-7-8-3-2-6-16(8)12-10(17(18)19)5-4-9(13)11(12)14/h4-5,8,15H,2-3,6-7H2,1H3. The Labute approximate surface area is 109 Å². The summed E-state index contributed by atoms with van der Waals surface area (Å²) in [5.41, 5.74) is -0.621. The van der Waals surface area contributed by atoms with Gasteiger partial charge in [0.15, 0.2) is 17.3 Å². The van der Waals surface area contributed by atoms with Gasteiger partial charge in [0.1, 0.15) is 0 Å². The number of rotatable bonds is 4. The topological polar surface area (TPSA) is 58.4 Å². The highest BCUT2D eigenvalue weighted by Crippen LogP contribution is 2.36. The molecular formula is C12H15F2N3O2. The van der Waals surface area contributed by atoms with Crippen molar-refractivity contribution in [2.75, 3.05) is 25.0 Å². The fourth-order valence-electron chi connectivity index (χ4n) is 2.53. The molecule has 7 heteroatoms. The summed E-state index contributed by atoms with van der Waals surface area (Å²) in [5.74, 6) is -2.20. The number of halogens is 2. The van der Waals surface area contributed by atoms with Crippen molar-refractivity contribution < 1.29 is 13.7 Å². The van der Waals surface area contributed by atoms with Crippen LogP contribution in [0.4, 0.5) is 20.2 Å². The molecule has 0 aliphatic carbocycles. The van der Waals surface area contributed by atoms with Gasteiger partial charge in [-0.15, -0.1) is 0 Å². The smallest absolute Gasteiger partial charge is 0.295 e. The monoisotopic (exact) mass is 271 g/mol. The predicted octanol–water partition coefficient (Wildman–Crippen LogP) is 2.06. The van der Waals surface area contributed by atoms with Gasteiger partial charge in [0, 0.05) is 25.2 Å². The Bertz CT molecular complexity index is 496. The van der Waals surface area contributed by atoms with Crippen molar-refractivity contribution in [3.05, 3.63) is 33.9 Å². The number of hydrogen-bond donors (Lipinski definition) is 1. The van der Waals surface area contributed by atoms with Crippen molar-refractivity contribution in [1.82, 2.24) is 5.32 Å². The molecule has 104 valence electrons. The first-order chi connectivity index (χ1) is 9.06. The van der Waals surface area contributed by atoms with Gasteiger partial charge < -0.3 is 10.2 Å². The third-order valence-electron chi connectivity index (χ3n) is 3.35. The minimum atomic E-state index is -1.14. The maximum atomic E-state index is 13.9. The van der Waals surface area contributed by atoms with E-state index in [0.29, 0.717) is 13.1 Å². The fourth-order valence-corrected chi connectivity index (χ4v) is 2.53. The Hall–Kier alpha value is -1.76. The number of benzene rings is 1. The third kappa shape index (κ3) is 2.51. The van der Waals surface area contributed by atoms with Gasteiger partial charge >= 0.3 is 0 Å². The third-order valence-corrected chi connectivity index (χ3v) is 3.35. The van der Waals surface area contributed by atoms with Crippen LogP contribution in [0.3, 0.4) is 0 Å². The summed E-state index contributed by atoms with van der Waals surface area (Å²) in [5, 5.41) is 13.9. The molecule has 1 aliphatic rings. The summed E-state index contributed by atoms with van der Waals surface area (Å²) in [6, 6.07) is 1.75. The van der Waals surface area contributed by atoms with Crippen LogP contribution in [-0.4, -0.2) is 31.1 Å². The van der Waals surface area contributed by atoms with E-state index in [9.17, 15) is 18.9 Å². The number of nitrogens with zero attached hydrogens (tertiary/aromatic N) is 2. The van der Waals surface area contributed by atoms with Crippen molar-refractivity contribution >= 4 is 11.4 Å². The van der Waals surface area contributed by atoms with Crippen molar-refractivity contribution in [2.45, 2.75) is 18.9 Å². The van der Waals surface area contributed by atoms with Crippen LogP contribution in [0.15, 0.2) is 12.1 Å². The van der Waals surface area contributed by atoms with Gasteiger partial charge in [0.05, 0.1) is 4.92 Å². The molecule has 0 bridgehead atoms. The SMILES string of the molecule is CNCC1CCCN1c1c([N+](=O)[O-])ccc(F)c1F. The van der Waals surface area contributed by atoms with Gasteiger partial charge in [-0.25, -0.2) is 8.78 Å². The Morgan fingerprint density at radius 1 is 1.53 bits per heavy atom. The lowest BCUT2D eigenvalue weighted by Gasteiger charge is -2.26. The Balaban J connectivity index is 2.47. The molecular weight excluding hydrogens is 256 g/mol. The van der Waals surface area contributed by atoms with Crippen molar-refractivity contribution in [2.24, 2.45) is 0 Å². The van der Waals surface area contributed by atoms with Crippen molar-refractivity contribution in [1.29, 1.82) is 0 Å². The van der Waals surface area contributed by atoms with E-state index in [1.54, 1.807) is 11.9 Å². The molecule has 0 saturated carbocycles. The van der Waals surface area contributed by atoms with Crippen LogP contribution < -0.4 is 10.2 Å². The molecule has 1 unspecified atom stereocenters. The van der Waals surface area contributed by atoms with Crippen LogP contribution in [0.2, 0.25) is 0 Å². The quantitative estimate of drug-likeness (QED) is 0.672. The summed E-state index contributed by atoms with van der Waals surface area (Å²) < 4.78 is 27.3. The zero-order chi connectivity index (χ0) is 14.0. The van der Waals surface area contributed by atoms with Gasteiger partial charge in [-0.2, -0.15) is 0 Å². The van der Waals surface area contributed by atoms with E-state index < -0.39 is 16.6 Å². The number of nitrogens with one attached hydrogen (secondary N) is 1. The van der Waals surface area contributed by atoms with Crippen LogP contribution >= 0.6 is 0 Å². The van der Waals surface area contributed by atoms with E-state index in [1.807, 2.05) is 0 Å². The molecule has 0 aromatic heterocycles. The highest BCUT2D eigenvalue weighted by molar-refractivity contribution is 5.65. The minimum Gasteiger partial charge on any atom is -0.359 e. The summed E-state index contributed by atoms with van der Waals surface area (Å²) in [7, 11) is 1.76. The second-order valence-electron chi connectivity index (χ2n) is 4.53. The molecule has 19 heavy (non-hydrogen) atoms. The highest BCUT2D eigenvalue weighted by Gasteiger charge is 2.33. The summed E-state index contributed by atoms with van der Waals surface area (Å²) in [4.78, 5) is 11.9. The van der Waals surface area contributed by atoms with Crippen LogP contribution in [-0.2, 0) is 0 Å². The molecule has 0 radical (unpaired) electrons. The van der Waals surface area contributed by atoms with Gasteiger partial charge in [0.25, 0.3) is 5.69 Å². The molecule has 1 aromatic carbocycles. The Morgan fingerprint density at radius 3 is 2.89 bits per heavy atom. The van der Waals surface area contributed by atoms with Gasteiger partial charge in [-0.3, -0.25) is 10.1 Å². The molecule has 2 rings (SSSR count). The van der Waals surface area contributed by atoms with Crippen LogP contribution in [0.25, 0.3) is 0 Å². The maximum Gasteiger partial charge on any atom is 0.295 e. The number of nitro groups is 1. The van der Waals surface area contributed by atoms with E-state index in [0.717, 1.165) is 25.0 Å². The minimum absolute atomic E-state index is 0.0556. The van der Waals surface area contributed by atoms with E-state index in [4.69, 9.17) is 0 Å². The van der Waals surface area contributed by atoms with Gasteiger partial charge in [-0.05, 0) is 26.0 Å².